The molecule has 5 heteroatoms. The second-order valence-corrected chi connectivity index (χ2v) is 4.79. The number of hydrogen-bond acceptors (Lipinski definition) is 4. The van der Waals surface area contributed by atoms with Gasteiger partial charge in [0.15, 0.2) is 6.10 Å². The van der Waals surface area contributed by atoms with Crippen LogP contribution in [-0.4, -0.2) is 44.3 Å². The summed E-state index contributed by atoms with van der Waals surface area (Å²) in [7, 11) is 1.61. The fourth-order valence-corrected chi connectivity index (χ4v) is 1.95. The summed E-state index contributed by atoms with van der Waals surface area (Å²) in [5.74, 6) is -0.255. The quantitative estimate of drug-likeness (QED) is 0.314. The van der Waals surface area contributed by atoms with Crippen molar-refractivity contribution in [1.29, 1.82) is 0 Å². The third kappa shape index (κ3) is 9.85. The smallest absolute Gasteiger partial charge is 0.335 e. The van der Waals surface area contributed by atoms with Crippen molar-refractivity contribution in [2.75, 3.05) is 32.3 Å². The van der Waals surface area contributed by atoms with Gasteiger partial charge in [0.1, 0.15) is 0 Å². The van der Waals surface area contributed by atoms with Crippen LogP contribution in [0.3, 0.4) is 0 Å². The minimum Gasteiger partial charge on any atom is -0.464 e. The molecule has 0 aromatic heterocycles. The average molecular weight is 325 g/mol. The maximum absolute atomic E-state index is 11.7. The van der Waals surface area contributed by atoms with Gasteiger partial charge >= 0.3 is 5.97 Å². The summed E-state index contributed by atoms with van der Waals surface area (Å²) in [6.45, 7) is 3.13. The molecular weight excluding hydrogens is 300 g/mol. The Morgan fingerprint density at radius 2 is 1.89 bits per heavy atom. The molecule has 0 aliphatic rings. The molecule has 0 radical (unpaired) electrons. The molecule has 0 aliphatic heterocycles. The molecule has 4 nitrogen and oxygen atoms in total. The van der Waals surface area contributed by atoms with Crippen LogP contribution in [0.5, 0.6) is 0 Å². The number of rotatable bonds is 12. The molecule has 0 fully saturated rings. The molecule has 0 aromatic rings. The number of methoxy groups -OCH3 is 1. The highest BCUT2D eigenvalue weighted by Gasteiger charge is 2.19. The summed E-state index contributed by atoms with van der Waals surface area (Å²) in [6.07, 6.45) is 4.75. The molecule has 0 amide bonds. The van der Waals surface area contributed by atoms with Crippen LogP contribution in [0.4, 0.5) is 0 Å². The van der Waals surface area contributed by atoms with Crippen molar-refractivity contribution in [3.63, 3.8) is 0 Å². The molecule has 0 saturated heterocycles. The molecular formula is C13H25BrO4. The Bertz CT molecular complexity index is 199. The standard InChI is InChI=1S/C13H25BrO4/c1-3-17-13(15)12(18-11-10-16-2)8-6-4-5-7-9-14/h12H,3-11H2,1-2H3. The van der Waals surface area contributed by atoms with Crippen molar-refractivity contribution < 1.29 is 19.0 Å². The molecule has 0 saturated carbocycles. The molecule has 0 bridgehead atoms. The Kier molecular flexibility index (Phi) is 13.2. The highest BCUT2D eigenvalue weighted by atomic mass is 79.9. The average Bonchev–Trinajstić information content (AvgIpc) is 2.37. The number of alkyl halides is 1. The van der Waals surface area contributed by atoms with Crippen LogP contribution in [0.25, 0.3) is 0 Å². The van der Waals surface area contributed by atoms with Crippen LogP contribution < -0.4 is 0 Å². The summed E-state index contributed by atoms with van der Waals surface area (Å²) in [5, 5.41) is 1.04. The lowest BCUT2D eigenvalue weighted by Crippen LogP contribution is -2.28. The Hall–Kier alpha value is -0.130. The third-order valence-electron chi connectivity index (χ3n) is 2.51. The first kappa shape index (κ1) is 17.9. The van der Waals surface area contributed by atoms with E-state index in [-0.39, 0.29) is 5.97 Å². The third-order valence-corrected chi connectivity index (χ3v) is 3.07. The zero-order chi connectivity index (χ0) is 13.6. The van der Waals surface area contributed by atoms with Gasteiger partial charge in [0, 0.05) is 12.4 Å². The van der Waals surface area contributed by atoms with E-state index in [1.165, 1.54) is 12.8 Å². The SMILES string of the molecule is CCOC(=O)C(CCCCCCBr)OCCOC. The lowest BCUT2D eigenvalue weighted by molar-refractivity contribution is -0.158. The Labute approximate surface area is 118 Å². The van der Waals surface area contributed by atoms with Gasteiger partial charge in [-0.1, -0.05) is 35.2 Å². The second kappa shape index (κ2) is 13.3. The van der Waals surface area contributed by atoms with Crippen molar-refractivity contribution in [3.8, 4) is 0 Å². The largest absolute Gasteiger partial charge is 0.464 e. The molecule has 0 spiro atoms. The topological polar surface area (TPSA) is 44.8 Å². The lowest BCUT2D eigenvalue weighted by atomic mass is 10.1. The van der Waals surface area contributed by atoms with Crippen LogP contribution in [0.2, 0.25) is 0 Å². The zero-order valence-corrected chi connectivity index (χ0v) is 13.0. The van der Waals surface area contributed by atoms with Crippen molar-refractivity contribution in [3.05, 3.63) is 0 Å². The summed E-state index contributed by atoms with van der Waals surface area (Å²) in [4.78, 5) is 11.7. The molecule has 18 heavy (non-hydrogen) atoms. The van der Waals surface area contributed by atoms with Crippen LogP contribution >= 0.6 is 15.9 Å². The molecule has 0 heterocycles. The van der Waals surface area contributed by atoms with Gasteiger partial charge < -0.3 is 14.2 Å². The molecule has 0 aliphatic carbocycles. The van der Waals surface area contributed by atoms with E-state index < -0.39 is 6.10 Å². The number of carbonyl (C=O) groups excluding carboxylic acids is 1. The van der Waals surface area contributed by atoms with Crippen molar-refractivity contribution in [2.24, 2.45) is 0 Å². The Morgan fingerprint density at radius 3 is 2.50 bits per heavy atom. The predicted molar refractivity (Wildman–Crippen MR) is 75.1 cm³/mol. The summed E-state index contributed by atoms with van der Waals surface area (Å²) in [5.41, 5.74) is 0. The minimum absolute atomic E-state index is 0.255. The fourth-order valence-electron chi connectivity index (χ4n) is 1.56. The second-order valence-electron chi connectivity index (χ2n) is 4.00. The van der Waals surface area contributed by atoms with Gasteiger partial charge in [-0.2, -0.15) is 0 Å². The molecule has 0 N–H and O–H groups in total. The van der Waals surface area contributed by atoms with E-state index in [0.717, 1.165) is 24.6 Å². The monoisotopic (exact) mass is 324 g/mol. The van der Waals surface area contributed by atoms with Crippen LogP contribution in [-0.2, 0) is 19.0 Å². The highest BCUT2D eigenvalue weighted by Crippen LogP contribution is 2.10. The summed E-state index contributed by atoms with van der Waals surface area (Å²) < 4.78 is 15.4. The molecule has 0 aromatic carbocycles. The van der Waals surface area contributed by atoms with Crippen LogP contribution in [0, 0.1) is 0 Å². The van der Waals surface area contributed by atoms with Gasteiger partial charge in [0.05, 0.1) is 19.8 Å². The number of hydrogen-bond donors (Lipinski definition) is 0. The molecule has 0 rings (SSSR count). The molecule has 1 atom stereocenters. The van der Waals surface area contributed by atoms with E-state index in [0.29, 0.717) is 19.8 Å². The molecule has 108 valence electrons. The van der Waals surface area contributed by atoms with E-state index in [9.17, 15) is 4.79 Å². The maximum Gasteiger partial charge on any atom is 0.335 e. The van der Waals surface area contributed by atoms with Gasteiger partial charge in [-0.3, -0.25) is 0 Å². The zero-order valence-electron chi connectivity index (χ0n) is 11.5. The van der Waals surface area contributed by atoms with Gasteiger partial charge in [-0.25, -0.2) is 4.79 Å². The van der Waals surface area contributed by atoms with Gasteiger partial charge in [0.2, 0.25) is 0 Å². The van der Waals surface area contributed by atoms with E-state index >= 15 is 0 Å². The van der Waals surface area contributed by atoms with Crippen molar-refractivity contribution in [2.45, 2.75) is 45.1 Å². The number of esters is 1. The number of carbonyl (C=O) groups is 1. The fraction of sp³-hybridized carbons (Fsp3) is 0.923. The van der Waals surface area contributed by atoms with Crippen molar-refractivity contribution in [1.82, 2.24) is 0 Å². The van der Waals surface area contributed by atoms with Gasteiger partial charge in [0.25, 0.3) is 0 Å². The predicted octanol–water partition coefficient (Wildman–Crippen LogP) is 2.93. The lowest BCUT2D eigenvalue weighted by Gasteiger charge is -2.16. The van der Waals surface area contributed by atoms with Gasteiger partial charge in [-0.15, -0.1) is 0 Å². The number of ether oxygens (including phenoxy) is 3. The summed E-state index contributed by atoms with van der Waals surface area (Å²) >= 11 is 3.40. The minimum atomic E-state index is -0.441. The number of halogens is 1. The summed E-state index contributed by atoms with van der Waals surface area (Å²) in [6, 6.07) is 0. The van der Waals surface area contributed by atoms with Crippen LogP contribution in [0.15, 0.2) is 0 Å². The first-order valence-electron chi connectivity index (χ1n) is 6.59. The maximum atomic E-state index is 11.7. The Morgan fingerprint density at radius 1 is 1.17 bits per heavy atom. The Balaban J connectivity index is 3.84. The first-order valence-corrected chi connectivity index (χ1v) is 7.71. The van der Waals surface area contributed by atoms with E-state index in [1.807, 2.05) is 0 Å². The first-order chi connectivity index (χ1) is 8.76. The van der Waals surface area contributed by atoms with Gasteiger partial charge in [-0.05, 0) is 19.8 Å². The van der Waals surface area contributed by atoms with E-state index in [1.54, 1.807) is 14.0 Å². The normalized spacial score (nSPS) is 12.4. The number of unbranched alkanes of at least 4 members (excludes halogenated alkanes) is 3. The van der Waals surface area contributed by atoms with E-state index in [2.05, 4.69) is 15.9 Å². The molecule has 1 unspecified atom stereocenters. The van der Waals surface area contributed by atoms with E-state index in [4.69, 9.17) is 14.2 Å². The highest BCUT2D eigenvalue weighted by molar-refractivity contribution is 9.09. The van der Waals surface area contributed by atoms with Crippen LogP contribution in [0.1, 0.15) is 39.0 Å². The van der Waals surface area contributed by atoms with Crippen molar-refractivity contribution >= 4 is 21.9 Å².